The monoisotopic (exact) mass is 350 g/mol. The number of aromatic nitrogens is 1. The Hall–Kier alpha value is -3.41. The fourth-order valence-electron chi connectivity index (χ4n) is 2.80. The van der Waals surface area contributed by atoms with Gasteiger partial charge in [0, 0.05) is 37.0 Å². The molecule has 26 heavy (non-hydrogen) atoms. The fraction of sp³-hybridized carbons (Fsp3) is 0.150. The topological polar surface area (TPSA) is 74.4 Å². The Morgan fingerprint density at radius 2 is 1.77 bits per heavy atom. The highest BCUT2D eigenvalue weighted by Crippen LogP contribution is 2.19. The van der Waals surface area contributed by atoms with Gasteiger partial charge in [-0.15, -0.1) is 0 Å². The van der Waals surface area contributed by atoms with Crippen molar-refractivity contribution in [3.05, 3.63) is 99.4 Å². The van der Waals surface area contributed by atoms with E-state index in [0.717, 1.165) is 16.8 Å². The lowest BCUT2D eigenvalue weighted by Gasteiger charge is -2.09. The van der Waals surface area contributed by atoms with Crippen molar-refractivity contribution in [3.8, 4) is 0 Å². The molecule has 0 unspecified atom stereocenters. The lowest BCUT2D eigenvalue weighted by molar-refractivity contribution is -0.384. The van der Waals surface area contributed by atoms with Crippen LogP contribution in [0, 0.1) is 10.1 Å². The van der Waals surface area contributed by atoms with E-state index in [1.165, 1.54) is 19.2 Å². The van der Waals surface area contributed by atoms with Crippen molar-refractivity contribution < 1.29 is 14.5 Å². The van der Waals surface area contributed by atoms with E-state index in [9.17, 15) is 14.9 Å². The van der Waals surface area contributed by atoms with Crippen molar-refractivity contribution in [1.29, 1.82) is 0 Å². The molecule has 0 aliphatic rings. The lowest BCUT2D eigenvalue weighted by atomic mass is 10.1. The van der Waals surface area contributed by atoms with E-state index in [1.54, 1.807) is 24.4 Å². The van der Waals surface area contributed by atoms with Crippen molar-refractivity contribution in [3.63, 3.8) is 0 Å². The number of nitro groups is 1. The Kier molecular flexibility index (Phi) is 5.12. The molecule has 0 saturated heterocycles. The SMILES string of the molecule is COC(=O)c1cc(Cc2ccc([N+](=O)[O-])cc2)n(Cc2ccccc2)c1. The van der Waals surface area contributed by atoms with E-state index >= 15 is 0 Å². The largest absolute Gasteiger partial charge is 0.465 e. The molecular weight excluding hydrogens is 332 g/mol. The zero-order chi connectivity index (χ0) is 18.5. The Balaban J connectivity index is 1.89. The van der Waals surface area contributed by atoms with Gasteiger partial charge in [0.15, 0.2) is 0 Å². The second kappa shape index (κ2) is 7.65. The van der Waals surface area contributed by atoms with Crippen molar-refractivity contribution in [2.45, 2.75) is 13.0 Å². The summed E-state index contributed by atoms with van der Waals surface area (Å²) >= 11 is 0. The molecule has 2 aromatic carbocycles. The molecule has 6 heteroatoms. The first-order chi connectivity index (χ1) is 12.6. The molecule has 0 aliphatic heterocycles. The van der Waals surface area contributed by atoms with E-state index < -0.39 is 4.92 Å². The van der Waals surface area contributed by atoms with Crippen LogP contribution in [0.25, 0.3) is 0 Å². The molecule has 0 bridgehead atoms. The van der Waals surface area contributed by atoms with Gasteiger partial charge in [-0.3, -0.25) is 10.1 Å². The average molecular weight is 350 g/mol. The van der Waals surface area contributed by atoms with Gasteiger partial charge < -0.3 is 9.30 Å². The molecule has 1 heterocycles. The smallest absolute Gasteiger partial charge is 0.339 e. The van der Waals surface area contributed by atoms with Gasteiger partial charge in [-0.2, -0.15) is 0 Å². The van der Waals surface area contributed by atoms with Crippen LogP contribution in [-0.4, -0.2) is 22.6 Å². The van der Waals surface area contributed by atoms with Crippen LogP contribution in [0.5, 0.6) is 0 Å². The number of carbonyl (C=O) groups excluding carboxylic acids is 1. The fourth-order valence-corrected chi connectivity index (χ4v) is 2.80. The molecule has 0 radical (unpaired) electrons. The van der Waals surface area contributed by atoms with Gasteiger partial charge in [-0.1, -0.05) is 42.5 Å². The third kappa shape index (κ3) is 3.97. The molecule has 3 rings (SSSR count). The van der Waals surface area contributed by atoms with Crippen molar-refractivity contribution in [1.82, 2.24) is 4.57 Å². The molecule has 132 valence electrons. The van der Waals surface area contributed by atoms with Crippen LogP contribution in [0.4, 0.5) is 5.69 Å². The molecule has 0 N–H and O–H groups in total. The number of nitro benzene ring substituents is 1. The highest BCUT2D eigenvalue weighted by molar-refractivity contribution is 5.89. The molecule has 3 aromatic rings. The van der Waals surface area contributed by atoms with Crippen LogP contribution in [0.2, 0.25) is 0 Å². The second-order valence-electron chi connectivity index (χ2n) is 5.93. The van der Waals surface area contributed by atoms with Gasteiger partial charge in [-0.05, 0) is 17.2 Å². The highest BCUT2D eigenvalue weighted by atomic mass is 16.6. The quantitative estimate of drug-likeness (QED) is 0.385. The first kappa shape index (κ1) is 17.4. The predicted octanol–water partition coefficient (Wildman–Crippen LogP) is 3.82. The summed E-state index contributed by atoms with van der Waals surface area (Å²) in [6.45, 7) is 0.625. The Labute approximate surface area is 150 Å². The number of carbonyl (C=O) groups is 1. The summed E-state index contributed by atoms with van der Waals surface area (Å²) in [4.78, 5) is 22.3. The molecule has 0 aliphatic carbocycles. The zero-order valence-electron chi connectivity index (χ0n) is 14.3. The summed E-state index contributed by atoms with van der Waals surface area (Å²) in [5.74, 6) is -0.387. The number of ether oxygens (including phenoxy) is 1. The Morgan fingerprint density at radius 1 is 1.08 bits per heavy atom. The predicted molar refractivity (Wildman–Crippen MR) is 97.2 cm³/mol. The number of non-ortho nitro benzene ring substituents is 1. The number of nitrogens with zero attached hydrogens (tertiary/aromatic N) is 2. The van der Waals surface area contributed by atoms with Crippen LogP contribution >= 0.6 is 0 Å². The van der Waals surface area contributed by atoms with E-state index in [0.29, 0.717) is 18.5 Å². The maximum Gasteiger partial charge on any atom is 0.339 e. The molecule has 0 spiro atoms. The van der Waals surface area contributed by atoms with Gasteiger partial charge in [0.25, 0.3) is 5.69 Å². The summed E-state index contributed by atoms with van der Waals surface area (Å²) in [5.41, 5.74) is 3.52. The number of rotatable bonds is 6. The number of hydrogen-bond acceptors (Lipinski definition) is 4. The zero-order valence-corrected chi connectivity index (χ0v) is 14.3. The Morgan fingerprint density at radius 3 is 2.38 bits per heavy atom. The van der Waals surface area contributed by atoms with Gasteiger partial charge in [-0.25, -0.2) is 4.79 Å². The van der Waals surface area contributed by atoms with Crippen LogP contribution in [0.3, 0.4) is 0 Å². The number of methoxy groups -OCH3 is 1. The van der Waals surface area contributed by atoms with Crippen molar-refractivity contribution in [2.24, 2.45) is 0 Å². The molecule has 1 aromatic heterocycles. The maximum absolute atomic E-state index is 11.9. The summed E-state index contributed by atoms with van der Waals surface area (Å²) in [7, 11) is 1.35. The van der Waals surface area contributed by atoms with Gasteiger partial charge in [0.1, 0.15) is 0 Å². The van der Waals surface area contributed by atoms with Crippen LogP contribution in [-0.2, 0) is 17.7 Å². The number of benzene rings is 2. The molecule has 0 saturated carbocycles. The van der Waals surface area contributed by atoms with Gasteiger partial charge in [0.05, 0.1) is 17.6 Å². The molecule has 0 amide bonds. The summed E-state index contributed by atoms with van der Waals surface area (Å²) < 4.78 is 6.82. The first-order valence-corrected chi connectivity index (χ1v) is 8.11. The normalized spacial score (nSPS) is 10.5. The third-order valence-electron chi connectivity index (χ3n) is 4.14. The standard InChI is InChI=1S/C20H18N2O4/c1-26-20(23)17-12-19(11-15-7-9-18(10-8-15)22(24)25)21(14-17)13-16-5-3-2-4-6-16/h2-10,12,14H,11,13H2,1H3. The summed E-state index contributed by atoms with van der Waals surface area (Å²) in [6.07, 6.45) is 2.33. The molecule has 6 nitrogen and oxygen atoms in total. The van der Waals surface area contributed by atoms with Crippen LogP contribution in [0.1, 0.15) is 27.2 Å². The lowest BCUT2D eigenvalue weighted by Crippen LogP contribution is -2.04. The summed E-state index contributed by atoms with van der Waals surface area (Å²) in [6, 6.07) is 18.2. The number of esters is 1. The van der Waals surface area contributed by atoms with E-state index in [2.05, 4.69) is 0 Å². The van der Waals surface area contributed by atoms with E-state index in [1.807, 2.05) is 34.9 Å². The minimum absolute atomic E-state index is 0.0590. The van der Waals surface area contributed by atoms with Crippen LogP contribution < -0.4 is 0 Å². The third-order valence-corrected chi connectivity index (χ3v) is 4.14. The van der Waals surface area contributed by atoms with Gasteiger partial charge >= 0.3 is 5.97 Å². The molecular formula is C20H18N2O4. The Bertz CT molecular complexity index is 915. The average Bonchev–Trinajstić information content (AvgIpc) is 3.04. The second-order valence-corrected chi connectivity index (χ2v) is 5.93. The summed E-state index contributed by atoms with van der Waals surface area (Å²) in [5, 5.41) is 10.8. The van der Waals surface area contributed by atoms with Crippen LogP contribution in [0.15, 0.2) is 66.9 Å². The molecule has 0 fully saturated rings. The molecule has 0 atom stereocenters. The minimum atomic E-state index is -0.419. The van der Waals surface area contributed by atoms with E-state index in [4.69, 9.17) is 4.74 Å². The van der Waals surface area contributed by atoms with E-state index in [-0.39, 0.29) is 11.7 Å². The van der Waals surface area contributed by atoms with Gasteiger partial charge in [0.2, 0.25) is 0 Å². The highest BCUT2D eigenvalue weighted by Gasteiger charge is 2.14. The minimum Gasteiger partial charge on any atom is -0.465 e. The van der Waals surface area contributed by atoms with Crippen molar-refractivity contribution in [2.75, 3.05) is 7.11 Å². The maximum atomic E-state index is 11.9. The first-order valence-electron chi connectivity index (χ1n) is 8.11. The van der Waals surface area contributed by atoms with Crippen molar-refractivity contribution >= 4 is 11.7 Å². The number of hydrogen-bond donors (Lipinski definition) is 0.